The molecule has 2 saturated heterocycles. The summed E-state index contributed by atoms with van der Waals surface area (Å²) in [4.78, 5) is 45.5. The van der Waals surface area contributed by atoms with Gasteiger partial charge in [-0.1, -0.05) is 0 Å². The summed E-state index contributed by atoms with van der Waals surface area (Å²) in [6.07, 6.45) is 5.08. The molecule has 0 spiro atoms. The van der Waals surface area contributed by atoms with Crippen LogP contribution in [0.2, 0.25) is 0 Å². The molecule has 242 valence electrons. The Morgan fingerprint density at radius 2 is 1.96 bits per heavy atom. The molecule has 13 nitrogen and oxygen atoms in total. The van der Waals surface area contributed by atoms with Crippen LogP contribution >= 0.6 is 0 Å². The number of likely N-dealkylation sites (tertiary alicyclic amines) is 2. The lowest BCUT2D eigenvalue weighted by molar-refractivity contribution is -0.384. The summed E-state index contributed by atoms with van der Waals surface area (Å²) in [5.41, 5.74) is 8.18. The number of benzene rings is 3. The summed E-state index contributed by atoms with van der Waals surface area (Å²) in [7, 11) is 2.09. The van der Waals surface area contributed by atoms with Gasteiger partial charge in [-0.05, 0) is 51.4 Å². The largest absolute Gasteiger partial charge is 0.453 e. The number of H-pyrrole nitrogens is 1. The summed E-state index contributed by atoms with van der Waals surface area (Å²) in [5, 5.41) is 14.6. The summed E-state index contributed by atoms with van der Waals surface area (Å²) < 4.78 is 30.2. The zero-order valence-corrected chi connectivity index (χ0v) is 25.5. The molecule has 4 N–H and O–H groups in total. The summed E-state index contributed by atoms with van der Waals surface area (Å²) in [5.74, 6) is -1.15. The first-order valence-electron chi connectivity index (χ1n) is 15.7. The van der Waals surface area contributed by atoms with Gasteiger partial charge in [0.05, 0.1) is 32.9 Å². The van der Waals surface area contributed by atoms with Gasteiger partial charge in [-0.25, -0.2) is 4.39 Å². The molecule has 2 aliphatic heterocycles. The van der Waals surface area contributed by atoms with Gasteiger partial charge < -0.3 is 39.1 Å². The molecule has 0 radical (unpaired) electrons. The number of aromatic nitrogens is 2. The number of carbonyl (C=O) groups excluding carboxylic acids is 1. The number of rotatable bonds is 6. The number of pyridine rings is 1. The molecule has 2 atom stereocenters. The average molecular weight is 642 g/mol. The van der Waals surface area contributed by atoms with Crippen molar-refractivity contribution in [1.82, 2.24) is 19.2 Å². The third-order valence-corrected chi connectivity index (χ3v) is 9.59. The number of anilines is 1. The number of amides is 1. The highest BCUT2D eigenvalue weighted by atomic mass is 19.1. The van der Waals surface area contributed by atoms with E-state index in [1.807, 2.05) is 0 Å². The fourth-order valence-corrected chi connectivity index (χ4v) is 7.07. The van der Waals surface area contributed by atoms with Gasteiger partial charge >= 0.3 is 0 Å². The van der Waals surface area contributed by atoms with Crippen LogP contribution in [0.3, 0.4) is 0 Å². The standard InChI is InChI=1S/C33H32FN7O6/c1-38-9-2-3-18(38)6-8-36-29-22(34)12-20-30-32(29)47-28-13-24-27(46-26-11-19(41(44)45)4-5-23(26)37-24)14-25(28)40(30)16-21(31(20)42)33(43)39-10-7-17(35)15-39/h4-5,11-14,16-18,36-37H,2-3,6-10,15,35H2,1H3/t17-,18?/m0/s1. The Labute approximate surface area is 265 Å². The molecule has 2 fully saturated rings. The number of aromatic amines is 1. The van der Waals surface area contributed by atoms with Crippen molar-refractivity contribution < 1.29 is 22.9 Å². The molecule has 3 aromatic carbocycles. The van der Waals surface area contributed by atoms with Crippen molar-refractivity contribution >= 4 is 67.1 Å². The van der Waals surface area contributed by atoms with E-state index in [-0.39, 0.29) is 39.5 Å². The number of nitrogens with one attached hydrogen (secondary N) is 2. The molecule has 3 aromatic heterocycles. The van der Waals surface area contributed by atoms with Crippen LogP contribution in [0.15, 0.2) is 56.2 Å². The lowest BCUT2D eigenvalue weighted by atomic mass is 10.1. The zero-order valence-electron chi connectivity index (χ0n) is 25.5. The molecule has 47 heavy (non-hydrogen) atoms. The SMILES string of the molecule is CN1CCCC1CCNc1c(F)cc2c(=O)c(C(=O)N3CC[C@H](N)C3)cn3c4cc5oc6cc([N+](=O)[O-])ccc6[nH]c5cc4oc1c23. The van der Waals surface area contributed by atoms with E-state index in [1.54, 1.807) is 22.6 Å². The van der Waals surface area contributed by atoms with E-state index in [1.165, 1.54) is 23.2 Å². The number of nitrogens with two attached hydrogens (primary N) is 1. The second-order valence-corrected chi connectivity index (χ2v) is 12.6. The Morgan fingerprint density at radius 1 is 1.13 bits per heavy atom. The zero-order chi connectivity index (χ0) is 32.6. The van der Waals surface area contributed by atoms with Crippen LogP contribution in [-0.2, 0) is 0 Å². The van der Waals surface area contributed by atoms with E-state index in [0.717, 1.165) is 31.9 Å². The number of fused-ring (bicyclic) bond motifs is 4. The van der Waals surface area contributed by atoms with E-state index in [9.17, 15) is 19.7 Å². The van der Waals surface area contributed by atoms with E-state index < -0.39 is 22.1 Å². The van der Waals surface area contributed by atoms with Crippen molar-refractivity contribution in [2.24, 2.45) is 5.73 Å². The van der Waals surface area contributed by atoms with Crippen molar-refractivity contribution in [3.05, 3.63) is 74.3 Å². The quantitative estimate of drug-likeness (QED) is 0.0969. The fraction of sp³-hybridized carbons (Fsp3) is 0.333. The number of halogens is 1. The van der Waals surface area contributed by atoms with Crippen molar-refractivity contribution in [2.45, 2.75) is 37.8 Å². The van der Waals surface area contributed by atoms with Gasteiger partial charge in [0, 0.05) is 56.1 Å². The van der Waals surface area contributed by atoms with Crippen molar-refractivity contribution in [1.29, 1.82) is 0 Å². The molecule has 14 heteroatoms. The van der Waals surface area contributed by atoms with Crippen LogP contribution in [0.1, 0.15) is 36.0 Å². The van der Waals surface area contributed by atoms with Gasteiger partial charge in [0.1, 0.15) is 16.8 Å². The topological polar surface area (TPSA) is 168 Å². The summed E-state index contributed by atoms with van der Waals surface area (Å²) >= 11 is 0. The number of carbonyl (C=O) groups is 1. The Balaban J connectivity index is 1.36. The first kappa shape index (κ1) is 29.2. The summed E-state index contributed by atoms with van der Waals surface area (Å²) in [6.45, 7) is 2.24. The predicted octanol–water partition coefficient (Wildman–Crippen LogP) is 5.11. The van der Waals surface area contributed by atoms with Crippen LogP contribution in [0, 0.1) is 15.9 Å². The fourth-order valence-electron chi connectivity index (χ4n) is 7.07. The van der Waals surface area contributed by atoms with E-state index in [4.69, 9.17) is 14.6 Å². The highest BCUT2D eigenvalue weighted by molar-refractivity contribution is 6.07. The van der Waals surface area contributed by atoms with Gasteiger partial charge in [0.15, 0.2) is 28.1 Å². The van der Waals surface area contributed by atoms with Gasteiger partial charge in [-0.3, -0.25) is 19.7 Å². The number of nitrogens with zero attached hydrogens (tertiary/aromatic N) is 4. The number of hydrogen-bond donors (Lipinski definition) is 3. The van der Waals surface area contributed by atoms with Gasteiger partial charge in [0.2, 0.25) is 5.43 Å². The molecule has 5 heterocycles. The first-order valence-corrected chi connectivity index (χ1v) is 15.7. The molecular formula is C33H32FN7O6. The maximum absolute atomic E-state index is 16.0. The molecule has 1 amide bonds. The molecule has 0 bridgehead atoms. The highest BCUT2D eigenvalue weighted by Gasteiger charge is 2.29. The molecule has 0 saturated carbocycles. The lowest BCUT2D eigenvalue weighted by Gasteiger charge is -2.21. The van der Waals surface area contributed by atoms with Gasteiger partial charge in [-0.2, -0.15) is 0 Å². The number of nitro groups is 1. The number of nitro benzene ring substituents is 1. The Bertz CT molecular complexity index is 2350. The maximum atomic E-state index is 16.0. The van der Waals surface area contributed by atoms with Crippen molar-refractivity contribution in [2.75, 3.05) is 38.5 Å². The monoisotopic (exact) mass is 641 g/mol. The van der Waals surface area contributed by atoms with Crippen LogP contribution in [0.4, 0.5) is 15.8 Å². The van der Waals surface area contributed by atoms with E-state index in [0.29, 0.717) is 65.3 Å². The average Bonchev–Trinajstić information content (AvgIpc) is 3.68. The second kappa shape index (κ2) is 11.0. The molecule has 8 rings (SSSR count). The Hall–Kier alpha value is -5.21. The van der Waals surface area contributed by atoms with E-state index in [2.05, 4.69) is 22.2 Å². The molecule has 1 unspecified atom stereocenters. The third kappa shape index (κ3) is 4.82. The van der Waals surface area contributed by atoms with E-state index >= 15 is 4.39 Å². The van der Waals surface area contributed by atoms with Crippen LogP contribution in [-0.4, -0.2) is 75.3 Å². The minimum atomic E-state index is -0.665. The molecule has 6 aromatic rings. The highest BCUT2D eigenvalue weighted by Crippen LogP contribution is 2.36. The third-order valence-electron chi connectivity index (χ3n) is 9.59. The number of non-ortho nitro benzene ring substituents is 1. The van der Waals surface area contributed by atoms with Gasteiger partial charge in [-0.15, -0.1) is 0 Å². The normalized spacial score (nSPS) is 18.8. The summed E-state index contributed by atoms with van der Waals surface area (Å²) in [6, 6.07) is 8.97. The molecule has 0 aliphatic carbocycles. The van der Waals surface area contributed by atoms with Crippen LogP contribution in [0.25, 0.3) is 49.8 Å². The molecule has 2 aliphatic rings. The Morgan fingerprint density at radius 3 is 2.70 bits per heavy atom. The van der Waals surface area contributed by atoms with Crippen molar-refractivity contribution in [3.8, 4) is 0 Å². The lowest BCUT2D eigenvalue weighted by Crippen LogP contribution is -2.35. The number of hydrogen-bond acceptors (Lipinski definition) is 9. The van der Waals surface area contributed by atoms with Crippen LogP contribution < -0.4 is 16.5 Å². The second-order valence-electron chi connectivity index (χ2n) is 12.6. The minimum Gasteiger partial charge on any atom is -0.453 e. The smallest absolute Gasteiger partial charge is 0.273 e. The molecular weight excluding hydrogens is 609 g/mol. The predicted molar refractivity (Wildman–Crippen MR) is 175 cm³/mol. The van der Waals surface area contributed by atoms with Gasteiger partial charge in [0.25, 0.3) is 11.6 Å². The van der Waals surface area contributed by atoms with Crippen molar-refractivity contribution in [3.63, 3.8) is 0 Å². The maximum Gasteiger partial charge on any atom is 0.273 e. The van der Waals surface area contributed by atoms with Crippen LogP contribution in [0.5, 0.6) is 0 Å². The first-order chi connectivity index (χ1) is 22.7. The minimum absolute atomic E-state index is 0.00342. The Kier molecular flexibility index (Phi) is 6.81.